The Morgan fingerprint density at radius 1 is 1.50 bits per heavy atom. The van der Waals surface area contributed by atoms with Gasteiger partial charge in [0.1, 0.15) is 6.04 Å². The van der Waals surface area contributed by atoms with Gasteiger partial charge in [-0.2, -0.15) is 0 Å². The first-order chi connectivity index (χ1) is 6.63. The number of piperidine rings is 1. The van der Waals surface area contributed by atoms with Crippen molar-refractivity contribution in [2.24, 2.45) is 11.8 Å². The maximum Gasteiger partial charge on any atom is 0.322 e. The standard InChI is InChI=1S/C11H21NO2/c1-8(2)6-9-4-5-10(12-7-9)11(13)14-3/h8-10,12H,4-7H2,1-3H3/t9-,10-/m1/s1. The van der Waals surface area contributed by atoms with Crippen LogP contribution in [0.15, 0.2) is 0 Å². The number of nitrogens with one attached hydrogen (secondary N) is 1. The minimum Gasteiger partial charge on any atom is -0.468 e. The van der Waals surface area contributed by atoms with Gasteiger partial charge in [-0.25, -0.2) is 0 Å². The van der Waals surface area contributed by atoms with Gasteiger partial charge in [0.05, 0.1) is 7.11 Å². The predicted molar refractivity (Wildman–Crippen MR) is 56.0 cm³/mol. The van der Waals surface area contributed by atoms with E-state index in [9.17, 15) is 4.79 Å². The van der Waals surface area contributed by atoms with Gasteiger partial charge in [0.2, 0.25) is 0 Å². The molecule has 0 radical (unpaired) electrons. The quantitative estimate of drug-likeness (QED) is 0.701. The van der Waals surface area contributed by atoms with E-state index >= 15 is 0 Å². The van der Waals surface area contributed by atoms with Crippen LogP contribution in [0.25, 0.3) is 0 Å². The molecule has 0 aromatic carbocycles. The molecule has 1 saturated heterocycles. The lowest BCUT2D eigenvalue weighted by Crippen LogP contribution is -2.44. The summed E-state index contributed by atoms with van der Waals surface area (Å²) in [6, 6.07) is -0.0663. The summed E-state index contributed by atoms with van der Waals surface area (Å²) in [5.74, 6) is 1.36. The van der Waals surface area contributed by atoms with Gasteiger partial charge in [-0.3, -0.25) is 4.79 Å². The van der Waals surface area contributed by atoms with Crippen LogP contribution in [0.4, 0.5) is 0 Å². The summed E-state index contributed by atoms with van der Waals surface area (Å²) < 4.78 is 4.70. The highest BCUT2D eigenvalue weighted by molar-refractivity contribution is 5.75. The van der Waals surface area contributed by atoms with Crippen molar-refractivity contribution in [3.63, 3.8) is 0 Å². The van der Waals surface area contributed by atoms with Crippen LogP contribution in [0.2, 0.25) is 0 Å². The molecule has 0 aromatic rings. The van der Waals surface area contributed by atoms with Gasteiger partial charge >= 0.3 is 5.97 Å². The number of hydrogen-bond acceptors (Lipinski definition) is 3. The van der Waals surface area contributed by atoms with Crippen molar-refractivity contribution in [3.8, 4) is 0 Å². The molecule has 1 heterocycles. The Labute approximate surface area is 86.2 Å². The van der Waals surface area contributed by atoms with Crippen molar-refractivity contribution in [3.05, 3.63) is 0 Å². The zero-order chi connectivity index (χ0) is 10.6. The maximum atomic E-state index is 11.2. The second-order valence-corrected chi connectivity index (χ2v) is 4.56. The molecule has 1 N–H and O–H groups in total. The third kappa shape index (κ3) is 3.29. The number of hydrogen-bond donors (Lipinski definition) is 1. The summed E-state index contributed by atoms with van der Waals surface area (Å²) in [6.45, 7) is 5.44. The van der Waals surface area contributed by atoms with Crippen LogP contribution in [0.5, 0.6) is 0 Å². The van der Waals surface area contributed by atoms with Crippen LogP contribution in [-0.2, 0) is 9.53 Å². The molecule has 0 saturated carbocycles. The largest absolute Gasteiger partial charge is 0.468 e. The summed E-state index contributed by atoms with van der Waals surface area (Å²) in [4.78, 5) is 11.2. The fraction of sp³-hybridized carbons (Fsp3) is 0.909. The van der Waals surface area contributed by atoms with E-state index in [-0.39, 0.29) is 12.0 Å². The number of methoxy groups -OCH3 is 1. The van der Waals surface area contributed by atoms with Gasteiger partial charge in [0.25, 0.3) is 0 Å². The van der Waals surface area contributed by atoms with Crippen LogP contribution >= 0.6 is 0 Å². The number of carbonyl (C=O) groups is 1. The fourth-order valence-corrected chi connectivity index (χ4v) is 2.13. The minimum atomic E-state index is -0.118. The summed E-state index contributed by atoms with van der Waals surface area (Å²) in [5.41, 5.74) is 0. The highest BCUT2D eigenvalue weighted by atomic mass is 16.5. The molecule has 1 aliphatic rings. The van der Waals surface area contributed by atoms with Crippen LogP contribution in [-0.4, -0.2) is 25.7 Å². The molecular formula is C11H21NO2. The van der Waals surface area contributed by atoms with Crippen molar-refractivity contribution in [1.29, 1.82) is 0 Å². The van der Waals surface area contributed by atoms with Crippen LogP contribution in [0, 0.1) is 11.8 Å². The summed E-state index contributed by atoms with van der Waals surface area (Å²) >= 11 is 0. The second kappa shape index (κ2) is 5.35. The maximum absolute atomic E-state index is 11.2. The fourth-order valence-electron chi connectivity index (χ4n) is 2.13. The Hall–Kier alpha value is -0.570. The van der Waals surface area contributed by atoms with Crippen LogP contribution in [0.3, 0.4) is 0 Å². The van der Waals surface area contributed by atoms with Crippen LogP contribution < -0.4 is 5.32 Å². The molecule has 1 aliphatic heterocycles. The Kier molecular flexibility index (Phi) is 4.39. The Balaban J connectivity index is 2.27. The zero-order valence-corrected chi connectivity index (χ0v) is 9.38. The Morgan fingerprint density at radius 3 is 2.64 bits per heavy atom. The van der Waals surface area contributed by atoms with Gasteiger partial charge < -0.3 is 10.1 Å². The smallest absolute Gasteiger partial charge is 0.322 e. The number of esters is 1. The van der Waals surface area contributed by atoms with Gasteiger partial charge in [0.15, 0.2) is 0 Å². The first-order valence-corrected chi connectivity index (χ1v) is 5.44. The SMILES string of the molecule is COC(=O)[C@H]1CC[C@H](CC(C)C)CN1. The van der Waals surface area contributed by atoms with E-state index in [2.05, 4.69) is 19.2 Å². The molecule has 3 heteroatoms. The molecule has 0 aliphatic carbocycles. The molecule has 3 nitrogen and oxygen atoms in total. The van der Waals surface area contributed by atoms with E-state index in [1.807, 2.05) is 0 Å². The number of carbonyl (C=O) groups excluding carboxylic acids is 1. The lowest BCUT2D eigenvalue weighted by Gasteiger charge is -2.29. The molecule has 82 valence electrons. The van der Waals surface area contributed by atoms with Gasteiger partial charge in [-0.05, 0) is 37.6 Å². The van der Waals surface area contributed by atoms with Gasteiger partial charge in [-0.15, -0.1) is 0 Å². The molecule has 0 unspecified atom stereocenters. The molecule has 2 atom stereocenters. The molecule has 0 amide bonds. The molecule has 14 heavy (non-hydrogen) atoms. The van der Waals surface area contributed by atoms with E-state index in [1.54, 1.807) is 0 Å². The van der Waals surface area contributed by atoms with E-state index in [0.29, 0.717) is 0 Å². The summed E-state index contributed by atoms with van der Waals surface area (Å²) in [7, 11) is 1.45. The normalized spacial score (nSPS) is 27.7. The highest BCUT2D eigenvalue weighted by Crippen LogP contribution is 2.21. The van der Waals surface area contributed by atoms with Crippen molar-refractivity contribution in [1.82, 2.24) is 5.32 Å². The van der Waals surface area contributed by atoms with E-state index in [4.69, 9.17) is 4.74 Å². The first-order valence-electron chi connectivity index (χ1n) is 5.44. The molecule has 0 bridgehead atoms. The average molecular weight is 199 g/mol. The lowest BCUT2D eigenvalue weighted by molar-refractivity contribution is -0.144. The predicted octanol–water partition coefficient (Wildman–Crippen LogP) is 1.57. The third-order valence-corrected chi connectivity index (χ3v) is 2.81. The van der Waals surface area contributed by atoms with Crippen molar-refractivity contribution in [2.75, 3.05) is 13.7 Å². The van der Waals surface area contributed by atoms with Crippen molar-refractivity contribution >= 4 is 5.97 Å². The first kappa shape index (κ1) is 11.5. The third-order valence-electron chi connectivity index (χ3n) is 2.81. The highest BCUT2D eigenvalue weighted by Gasteiger charge is 2.26. The monoisotopic (exact) mass is 199 g/mol. The Morgan fingerprint density at radius 2 is 2.21 bits per heavy atom. The molecular weight excluding hydrogens is 178 g/mol. The number of ether oxygens (including phenoxy) is 1. The average Bonchev–Trinajstić information content (AvgIpc) is 2.17. The van der Waals surface area contributed by atoms with E-state index < -0.39 is 0 Å². The van der Waals surface area contributed by atoms with Gasteiger partial charge in [0, 0.05) is 0 Å². The molecule has 1 rings (SSSR count). The molecule has 0 aromatic heterocycles. The minimum absolute atomic E-state index is 0.0663. The van der Waals surface area contributed by atoms with Gasteiger partial charge in [-0.1, -0.05) is 13.8 Å². The second-order valence-electron chi connectivity index (χ2n) is 4.56. The van der Waals surface area contributed by atoms with Crippen molar-refractivity contribution in [2.45, 2.75) is 39.2 Å². The summed E-state index contributed by atoms with van der Waals surface area (Å²) in [5, 5.41) is 3.25. The van der Waals surface area contributed by atoms with Crippen LogP contribution in [0.1, 0.15) is 33.1 Å². The van der Waals surface area contributed by atoms with E-state index in [1.165, 1.54) is 13.5 Å². The molecule has 0 spiro atoms. The molecule has 1 fully saturated rings. The Bertz CT molecular complexity index is 184. The van der Waals surface area contributed by atoms with E-state index in [0.717, 1.165) is 31.2 Å². The lowest BCUT2D eigenvalue weighted by atomic mass is 9.88. The van der Waals surface area contributed by atoms with Crippen molar-refractivity contribution < 1.29 is 9.53 Å². The topological polar surface area (TPSA) is 38.3 Å². The summed E-state index contributed by atoms with van der Waals surface area (Å²) in [6.07, 6.45) is 3.32. The number of rotatable bonds is 3. The zero-order valence-electron chi connectivity index (χ0n) is 9.38.